The lowest BCUT2D eigenvalue weighted by atomic mass is 9.76. The largest absolute Gasteiger partial charge is 0.507 e. The Morgan fingerprint density at radius 1 is 0.500 bits per heavy atom. The average molecular weight is 853 g/mol. The summed E-state index contributed by atoms with van der Waals surface area (Å²) in [5.41, 5.74) is 20.1. The lowest BCUT2D eigenvalue weighted by Gasteiger charge is -2.29. The van der Waals surface area contributed by atoms with Gasteiger partial charge in [-0.2, -0.15) is 0 Å². The van der Waals surface area contributed by atoms with Crippen LogP contribution in [0.15, 0.2) is 108 Å². The van der Waals surface area contributed by atoms with E-state index in [9.17, 15) is 10.2 Å². The van der Waals surface area contributed by atoms with E-state index >= 15 is 0 Å². The summed E-state index contributed by atoms with van der Waals surface area (Å²) >= 11 is 0. The molecule has 4 heteroatoms. The van der Waals surface area contributed by atoms with Gasteiger partial charge in [-0.1, -0.05) is 67.1 Å². The van der Waals surface area contributed by atoms with Gasteiger partial charge in [-0.15, -0.1) is 0 Å². The fraction of sp³-hybridized carbons (Fsp3) is 0.400. The zero-order valence-electron chi connectivity index (χ0n) is 38.9. The van der Waals surface area contributed by atoms with Gasteiger partial charge in [0.15, 0.2) is 0 Å². The standard InChI is InChI=1S/C60H68O4/c1-38-19-7-6-8-26-49(46-23-12-9-20-43(46)31-38)52-32-39(2)33-53(59(52)61)50-27-15-17-29-56(50)63-41(4)36-42(5)64-57-30-18-16-28-51(57)54-34-40(3)35-55(60(54)62)58-47-24-13-10-21-44(47)37-45-22-11-14-25-48(45)58/h15-18,27-35,37,41-42,61-62H,1,6-14,19-26,36H2,2-5H3/b43-31-,49-46+/t41-,42?/m1/s1. The third-order valence-electron chi connectivity index (χ3n) is 14.4. The van der Waals surface area contributed by atoms with E-state index in [1.54, 1.807) is 0 Å². The van der Waals surface area contributed by atoms with Gasteiger partial charge in [0.2, 0.25) is 0 Å². The molecule has 4 nitrogen and oxygen atoms in total. The van der Waals surface area contributed by atoms with Crippen LogP contribution in [0, 0.1) is 13.8 Å². The molecule has 5 aromatic carbocycles. The van der Waals surface area contributed by atoms with Gasteiger partial charge in [0.05, 0.1) is 12.2 Å². The molecule has 64 heavy (non-hydrogen) atoms. The number of allylic oxidation sites excluding steroid dienone is 5. The Bertz CT molecular complexity index is 2590. The van der Waals surface area contributed by atoms with Crippen LogP contribution in [0.1, 0.15) is 143 Å². The maximum absolute atomic E-state index is 12.3. The third-order valence-corrected chi connectivity index (χ3v) is 14.4. The van der Waals surface area contributed by atoms with Gasteiger partial charge >= 0.3 is 0 Å². The second-order valence-corrected chi connectivity index (χ2v) is 19.5. The molecule has 0 aromatic heterocycles. The molecular formula is C60H68O4. The molecule has 0 bridgehead atoms. The molecule has 0 radical (unpaired) electrons. The van der Waals surface area contributed by atoms with Crippen molar-refractivity contribution in [2.45, 2.75) is 155 Å². The Kier molecular flexibility index (Phi) is 13.2. The molecule has 4 aliphatic carbocycles. The topological polar surface area (TPSA) is 58.9 Å². The fourth-order valence-corrected chi connectivity index (χ4v) is 11.5. The maximum atomic E-state index is 12.3. The van der Waals surface area contributed by atoms with Crippen molar-refractivity contribution in [3.05, 3.63) is 147 Å². The first kappa shape index (κ1) is 43.8. The monoisotopic (exact) mass is 853 g/mol. The van der Waals surface area contributed by atoms with Crippen molar-refractivity contribution in [3.8, 4) is 56.4 Å². The van der Waals surface area contributed by atoms with Crippen LogP contribution in [0.4, 0.5) is 0 Å². The number of ether oxygens (including phenoxy) is 2. The van der Waals surface area contributed by atoms with Crippen LogP contribution >= 0.6 is 0 Å². The van der Waals surface area contributed by atoms with Gasteiger partial charge in [-0.3, -0.25) is 0 Å². The first-order valence-corrected chi connectivity index (χ1v) is 24.6. The number of aromatic hydroxyl groups is 2. The van der Waals surface area contributed by atoms with Crippen LogP contribution in [0.5, 0.6) is 23.0 Å². The van der Waals surface area contributed by atoms with Gasteiger partial charge in [0.1, 0.15) is 23.0 Å². The van der Waals surface area contributed by atoms with E-state index in [1.165, 1.54) is 88.6 Å². The molecule has 2 atom stereocenters. The van der Waals surface area contributed by atoms with E-state index in [4.69, 9.17) is 9.47 Å². The van der Waals surface area contributed by atoms with E-state index in [2.05, 4.69) is 82.8 Å². The zero-order chi connectivity index (χ0) is 44.3. The summed E-state index contributed by atoms with van der Waals surface area (Å²) in [5.74, 6) is 2.17. The number of para-hydroxylation sites is 2. The molecule has 9 rings (SSSR count). The van der Waals surface area contributed by atoms with Crippen LogP contribution in [0.2, 0.25) is 0 Å². The summed E-state index contributed by atoms with van der Waals surface area (Å²) < 4.78 is 13.6. The van der Waals surface area contributed by atoms with Crippen LogP contribution in [0.3, 0.4) is 0 Å². The number of hydrogen-bond acceptors (Lipinski definition) is 4. The third kappa shape index (κ3) is 9.21. The number of aryl methyl sites for hydroxylation is 4. The van der Waals surface area contributed by atoms with Crippen molar-refractivity contribution in [2.75, 3.05) is 0 Å². The summed E-state index contributed by atoms with van der Waals surface area (Å²) in [6, 6.07) is 27.4. The molecule has 5 aromatic rings. The Morgan fingerprint density at radius 2 is 0.969 bits per heavy atom. The predicted octanol–water partition coefficient (Wildman–Crippen LogP) is 15.9. The molecule has 332 valence electrons. The summed E-state index contributed by atoms with van der Waals surface area (Å²) in [6.45, 7) is 12.9. The van der Waals surface area contributed by atoms with Crippen molar-refractivity contribution in [2.24, 2.45) is 0 Å². The van der Waals surface area contributed by atoms with E-state index < -0.39 is 0 Å². The molecule has 4 aliphatic rings. The lowest BCUT2D eigenvalue weighted by Crippen LogP contribution is -2.23. The van der Waals surface area contributed by atoms with E-state index in [0.29, 0.717) is 17.9 Å². The van der Waals surface area contributed by atoms with Crippen LogP contribution in [0.25, 0.3) is 39.0 Å². The highest BCUT2D eigenvalue weighted by Crippen LogP contribution is 2.49. The van der Waals surface area contributed by atoms with E-state index in [-0.39, 0.29) is 12.2 Å². The number of phenols is 2. The zero-order valence-corrected chi connectivity index (χ0v) is 38.9. The summed E-state index contributed by atoms with van der Waals surface area (Å²) in [7, 11) is 0. The summed E-state index contributed by atoms with van der Waals surface area (Å²) in [6.07, 6.45) is 21.9. The summed E-state index contributed by atoms with van der Waals surface area (Å²) in [4.78, 5) is 0. The van der Waals surface area contributed by atoms with Crippen molar-refractivity contribution < 1.29 is 19.7 Å². The molecule has 0 heterocycles. The van der Waals surface area contributed by atoms with Gasteiger partial charge in [0.25, 0.3) is 0 Å². The first-order valence-electron chi connectivity index (χ1n) is 24.6. The minimum Gasteiger partial charge on any atom is -0.507 e. The number of fused-ring (bicyclic) bond motifs is 3. The minimum atomic E-state index is -0.185. The van der Waals surface area contributed by atoms with Gasteiger partial charge in [-0.25, -0.2) is 0 Å². The Labute approximate surface area is 382 Å². The molecule has 0 amide bonds. The number of rotatable bonds is 10. The van der Waals surface area contributed by atoms with Crippen LogP contribution < -0.4 is 9.47 Å². The molecule has 1 saturated carbocycles. The highest BCUT2D eigenvalue weighted by Gasteiger charge is 2.28. The van der Waals surface area contributed by atoms with Gasteiger partial charge in [0, 0.05) is 39.8 Å². The normalized spacial score (nSPS) is 19.6. The van der Waals surface area contributed by atoms with Crippen LogP contribution in [-0.4, -0.2) is 22.4 Å². The predicted molar refractivity (Wildman–Crippen MR) is 266 cm³/mol. The Hall–Kier alpha value is -5.48. The molecule has 0 aliphatic heterocycles. The fourth-order valence-electron chi connectivity index (χ4n) is 11.5. The molecule has 0 spiro atoms. The van der Waals surface area contributed by atoms with Crippen molar-refractivity contribution in [1.29, 1.82) is 0 Å². The van der Waals surface area contributed by atoms with Crippen LogP contribution in [-0.2, 0) is 25.7 Å². The summed E-state index contributed by atoms with van der Waals surface area (Å²) in [5, 5.41) is 24.6. The molecule has 1 fully saturated rings. The van der Waals surface area contributed by atoms with E-state index in [0.717, 1.165) is 127 Å². The second kappa shape index (κ2) is 19.3. The Balaban J connectivity index is 0.977. The van der Waals surface area contributed by atoms with Crippen molar-refractivity contribution in [3.63, 3.8) is 0 Å². The highest BCUT2D eigenvalue weighted by molar-refractivity contribution is 5.89. The first-order chi connectivity index (χ1) is 31.1. The highest BCUT2D eigenvalue weighted by atomic mass is 16.5. The van der Waals surface area contributed by atoms with Crippen molar-refractivity contribution in [1.82, 2.24) is 0 Å². The average Bonchev–Trinajstić information content (AvgIpc) is 3.29. The number of hydrogen-bond donors (Lipinski definition) is 2. The molecular weight excluding hydrogens is 785 g/mol. The molecule has 1 unspecified atom stereocenters. The smallest absolute Gasteiger partial charge is 0.131 e. The maximum Gasteiger partial charge on any atom is 0.131 e. The SMILES string of the molecule is C=C1/C=C2/CCCC/C2=C(\c2cc(C)cc(-c3ccccc3O[C@H](C)CC(C)Oc3ccccc3-c3cc(C)cc(-c4c5c(cc6c4CCCC6)CCCC5)c3O)c2O)CCCCC1. The second-order valence-electron chi connectivity index (χ2n) is 19.5. The lowest BCUT2D eigenvalue weighted by molar-refractivity contribution is 0.131. The van der Waals surface area contributed by atoms with Gasteiger partial charge < -0.3 is 19.7 Å². The Morgan fingerprint density at radius 3 is 1.59 bits per heavy atom. The number of benzene rings is 5. The van der Waals surface area contributed by atoms with Crippen molar-refractivity contribution >= 4 is 5.57 Å². The molecule has 2 N–H and O–H groups in total. The van der Waals surface area contributed by atoms with Gasteiger partial charge in [-0.05, 0) is 222 Å². The van der Waals surface area contributed by atoms with E-state index in [1.807, 2.05) is 36.4 Å². The number of phenolic OH excluding ortho intramolecular Hbond substituents is 2. The minimum absolute atomic E-state index is 0.184. The molecule has 0 saturated heterocycles. The quantitative estimate of drug-likeness (QED) is 0.147.